The lowest BCUT2D eigenvalue weighted by atomic mass is 9.90. The molecule has 1 aliphatic heterocycles. The summed E-state index contributed by atoms with van der Waals surface area (Å²) < 4.78 is 39.4. The summed E-state index contributed by atoms with van der Waals surface area (Å²) >= 11 is 0. The molecule has 43 heavy (non-hydrogen) atoms. The number of benzene rings is 2. The number of aliphatic hydroxyl groups is 1. The van der Waals surface area contributed by atoms with E-state index >= 15 is 0 Å². The van der Waals surface area contributed by atoms with Gasteiger partial charge in [0.2, 0.25) is 0 Å². The van der Waals surface area contributed by atoms with Gasteiger partial charge in [0.15, 0.2) is 5.76 Å². The Morgan fingerprint density at radius 1 is 1.00 bits per heavy atom. The van der Waals surface area contributed by atoms with Gasteiger partial charge in [0.1, 0.15) is 5.70 Å². The van der Waals surface area contributed by atoms with E-state index in [0.717, 1.165) is 29.8 Å². The van der Waals surface area contributed by atoms with Crippen molar-refractivity contribution in [3.8, 4) is 11.1 Å². The molecule has 0 saturated carbocycles. The normalized spacial score (nSPS) is 14.8. The number of aliphatic carboxylic acids is 1. The number of H-pyrrole nitrogens is 1. The van der Waals surface area contributed by atoms with Gasteiger partial charge in [0.25, 0.3) is 11.5 Å². The topological polar surface area (TPSA) is 136 Å². The van der Waals surface area contributed by atoms with Gasteiger partial charge in [-0.25, -0.2) is 0 Å². The minimum atomic E-state index is -4.57. The smallest absolute Gasteiger partial charge is 0.416 e. The molecule has 1 unspecified atom stereocenters. The average Bonchev–Trinajstić information content (AvgIpc) is 2.97. The molecule has 5 rings (SSSR count). The van der Waals surface area contributed by atoms with Crippen LogP contribution in [-0.4, -0.2) is 43.5 Å². The van der Waals surface area contributed by atoms with Gasteiger partial charge >= 0.3 is 12.1 Å². The van der Waals surface area contributed by atoms with Gasteiger partial charge < -0.3 is 25.4 Å². The molecule has 0 aliphatic carbocycles. The number of carbonyl (C=O) groups is 2. The monoisotopic (exact) mass is 590 g/mol. The fraction of sp³-hybridized carbons (Fsp3) is 0.161. The fourth-order valence-electron chi connectivity index (χ4n) is 5.00. The Morgan fingerprint density at radius 3 is 2.35 bits per heavy atom. The number of halogens is 3. The highest BCUT2D eigenvalue weighted by Crippen LogP contribution is 2.42. The Morgan fingerprint density at radius 2 is 1.72 bits per heavy atom. The van der Waals surface area contributed by atoms with Crippen molar-refractivity contribution in [2.24, 2.45) is 0 Å². The summed E-state index contributed by atoms with van der Waals surface area (Å²) in [6, 6.07) is 17.0. The number of hydrogen-bond acceptors (Lipinski definition) is 6. The van der Waals surface area contributed by atoms with E-state index in [4.69, 9.17) is 5.11 Å². The molecule has 1 atom stereocenters. The largest absolute Gasteiger partial charge is 0.505 e. The van der Waals surface area contributed by atoms with E-state index in [-0.39, 0.29) is 47.6 Å². The lowest BCUT2D eigenvalue weighted by Crippen LogP contribution is -2.42. The van der Waals surface area contributed by atoms with E-state index in [1.54, 1.807) is 41.6 Å². The number of amides is 1. The summed E-state index contributed by atoms with van der Waals surface area (Å²) in [5.74, 6) is -2.37. The van der Waals surface area contributed by atoms with Gasteiger partial charge in [0.05, 0.1) is 23.7 Å². The highest BCUT2D eigenvalue weighted by Gasteiger charge is 2.39. The molecule has 2 aromatic carbocycles. The van der Waals surface area contributed by atoms with E-state index in [1.165, 1.54) is 6.07 Å². The molecule has 0 radical (unpaired) electrons. The van der Waals surface area contributed by atoms with E-state index < -0.39 is 41.0 Å². The number of aromatic nitrogens is 2. The zero-order valence-corrected chi connectivity index (χ0v) is 22.4. The number of fused-ring (bicyclic) bond motifs is 1. The first kappa shape index (κ1) is 29.1. The molecule has 1 amide bonds. The molecule has 0 saturated heterocycles. The molecule has 2 aromatic heterocycles. The van der Waals surface area contributed by atoms with Crippen molar-refractivity contribution in [2.45, 2.75) is 25.2 Å². The van der Waals surface area contributed by atoms with Crippen LogP contribution in [-0.2, 0) is 22.3 Å². The number of nitrogens with one attached hydrogen (secondary N) is 2. The van der Waals surface area contributed by atoms with Crippen LogP contribution in [0.2, 0.25) is 0 Å². The maximum absolute atomic E-state index is 13.6. The molecule has 0 fully saturated rings. The second-order valence-electron chi connectivity index (χ2n) is 9.81. The summed E-state index contributed by atoms with van der Waals surface area (Å²) in [6.45, 7) is -0.106. The average molecular weight is 591 g/mol. The van der Waals surface area contributed by atoms with Gasteiger partial charge in [-0.1, -0.05) is 48.5 Å². The van der Waals surface area contributed by atoms with Gasteiger partial charge in [-0.2, -0.15) is 13.2 Å². The summed E-state index contributed by atoms with van der Waals surface area (Å²) in [6.07, 6.45) is -1.81. The van der Waals surface area contributed by atoms with Crippen LogP contribution < -0.4 is 10.9 Å². The number of aromatic amines is 1. The van der Waals surface area contributed by atoms with Crippen LogP contribution in [0.3, 0.4) is 0 Å². The minimum Gasteiger partial charge on any atom is -0.505 e. The van der Waals surface area contributed by atoms with Crippen LogP contribution in [0.1, 0.15) is 40.4 Å². The van der Waals surface area contributed by atoms with Gasteiger partial charge in [-0.05, 0) is 41.0 Å². The summed E-state index contributed by atoms with van der Waals surface area (Å²) in [5, 5.41) is 23.2. The van der Waals surface area contributed by atoms with Crippen molar-refractivity contribution in [1.82, 2.24) is 20.2 Å². The van der Waals surface area contributed by atoms with Gasteiger partial charge in [-0.15, -0.1) is 0 Å². The highest BCUT2D eigenvalue weighted by atomic mass is 19.4. The Labute approximate surface area is 243 Å². The molecule has 4 aromatic rings. The highest BCUT2D eigenvalue weighted by molar-refractivity contribution is 6.00. The molecule has 12 heteroatoms. The maximum Gasteiger partial charge on any atom is 0.416 e. The number of alkyl halides is 3. The number of carboxylic acid groups (broad SMARTS) is 1. The first-order valence-electron chi connectivity index (χ1n) is 13.1. The second-order valence-corrected chi connectivity index (χ2v) is 9.81. The molecule has 9 nitrogen and oxygen atoms in total. The zero-order chi connectivity index (χ0) is 30.7. The van der Waals surface area contributed by atoms with E-state index in [9.17, 15) is 32.7 Å². The number of rotatable bonds is 8. The van der Waals surface area contributed by atoms with Crippen molar-refractivity contribution < 1.29 is 33.0 Å². The van der Waals surface area contributed by atoms with Crippen LogP contribution in [0.15, 0.2) is 95.7 Å². The third-order valence-corrected chi connectivity index (χ3v) is 6.98. The summed E-state index contributed by atoms with van der Waals surface area (Å²) in [5.41, 5.74) is 0.124. The number of aliphatic hydroxyl groups excluding tert-OH is 1. The van der Waals surface area contributed by atoms with Crippen LogP contribution in [0.5, 0.6) is 0 Å². The number of carboxylic acids is 1. The standard InChI is InChI=1S/C31H25F3N4O5/c32-31(33,34)21-10-8-19(9-11-21)22-15-23-25(37-29(22)42)26(20-7-4-13-35-16-20)38(17-18-5-2-1-3-6-18)27(28(23)41)30(43)36-14-12-24(39)40/h1-11,13,15-16,26,41H,12,14,17H2,(H,36,43)(H,37,42)(H,39,40). The van der Waals surface area contributed by atoms with Crippen molar-refractivity contribution in [3.63, 3.8) is 0 Å². The summed E-state index contributed by atoms with van der Waals surface area (Å²) in [4.78, 5) is 46.6. The quantitative estimate of drug-likeness (QED) is 0.230. The number of pyridine rings is 2. The van der Waals surface area contributed by atoms with Crippen molar-refractivity contribution in [2.75, 3.05) is 6.54 Å². The Hall–Kier alpha value is -5.39. The number of hydrogen-bond donors (Lipinski definition) is 4. The van der Waals surface area contributed by atoms with Gasteiger partial charge in [0, 0.05) is 36.6 Å². The van der Waals surface area contributed by atoms with E-state index in [1.807, 2.05) is 18.2 Å². The van der Waals surface area contributed by atoms with E-state index in [2.05, 4.69) is 15.3 Å². The Kier molecular flexibility index (Phi) is 8.02. The molecular formula is C31H25F3N4O5. The number of nitrogens with zero attached hydrogens (tertiary/aromatic N) is 2. The van der Waals surface area contributed by atoms with Crippen molar-refractivity contribution in [3.05, 3.63) is 129 Å². The number of carbonyl (C=O) groups excluding carboxylic acids is 1. The van der Waals surface area contributed by atoms with Crippen LogP contribution in [0, 0.1) is 0 Å². The van der Waals surface area contributed by atoms with Gasteiger partial charge in [-0.3, -0.25) is 19.4 Å². The second kappa shape index (κ2) is 11.8. The molecular weight excluding hydrogens is 565 g/mol. The molecule has 3 heterocycles. The zero-order valence-electron chi connectivity index (χ0n) is 22.4. The first-order valence-corrected chi connectivity index (χ1v) is 13.1. The third kappa shape index (κ3) is 6.13. The first-order chi connectivity index (χ1) is 20.5. The van der Waals surface area contributed by atoms with Crippen LogP contribution >= 0.6 is 0 Å². The van der Waals surface area contributed by atoms with E-state index in [0.29, 0.717) is 5.56 Å². The third-order valence-electron chi connectivity index (χ3n) is 6.98. The summed E-state index contributed by atoms with van der Waals surface area (Å²) in [7, 11) is 0. The van der Waals surface area contributed by atoms with Crippen molar-refractivity contribution in [1.29, 1.82) is 0 Å². The van der Waals surface area contributed by atoms with Crippen LogP contribution in [0.25, 0.3) is 16.9 Å². The minimum absolute atomic E-state index is 0.0221. The molecule has 4 N–H and O–H groups in total. The lowest BCUT2D eigenvalue weighted by molar-refractivity contribution is -0.138. The predicted octanol–water partition coefficient (Wildman–Crippen LogP) is 4.88. The fourth-order valence-corrected chi connectivity index (χ4v) is 5.00. The molecule has 0 bridgehead atoms. The SMILES string of the molecule is O=C(O)CCNC(=O)C1=C(O)c2cc(-c3ccc(C(F)(F)F)cc3)c(=O)[nH]c2C(c2cccnc2)N1Cc1ccccc1. The van der Waals surface area contributed by atoms with Crippen molar-refractivity contribution >= 4 is 17.6 Å². The lowest BCUT2D eigenvalue weighted by Gasteiger charge is -2.39. The Bertz CT molecular complexity index is 1740. The molecule has 0 spiro atoms. The molecule has 1 aliphatic rings. The molecule has 220 valence electrons. The maximum atomic E-state index is 13.6. The van der Waals surface area contributed by atoms with Crippen LogP contribution in [0.4, 0.5) is 13.2 Å². The Balaban J connectivity index is 1.70. The predicted molar refractivity (Wildman–Crippen MR) is 150 cm³/mol.